The molecule has 0 fully saturated rings. The van der Waals surface area contributed by atoms with Gasteiger partial charge in [-0.2, -0.15) is 0 Å². The zero-order valence-electron chi connectivity index (χ0n) is 9.25. The number of carboxylic acids is 1. The molecule has 2 aromatic rings. The Morgan fingerprint density at radius 1 is 1.18 bits per heavy atom. The van der Waals surface area contributed by atoms with Crippen LogP contribution in [-0.4, -0.2) is 23.2 Å². The molecule has 0 radical (unpaired) electrons. The van der Waals surface area contributed by atoms with Crippen molar-refractivity contribution in [2.45, 2.75) is 0 Å². The first kappa shape index (κ1) is 11.1. The number of carboxylic acid groups (broad SMARTS) is 1. The van der Waals surface area contributed by atoms with Gasteiger partial charge in [-0.25, -0.2) is 9.78 Å². The van der Waals surface area contributed by atoms with E-state index in [0.29, 0.717) is 11.4 Å². The number of hydrogen-bond donors (Lipinski definition) is 1. The van der Waals surface area contributed by atoms with Gasteiger partial charge in [-0.3, -0.25) is 0 Å². The van der Waals surface area contributed by atoms with Crippen molar-refractivity contribution in [2.24, 2.45) is 0 Å². The number of carbonyl (C=O) groups is 1. The predicted molar refractivity (Wildman–Crippen MR) is 63.2 cm³/mol. The van der Waals surface area contributed by atoms with Crippen molar-refractivity contribution in [3.05, 3.63) is 48.2 Å². The number of pyridine rings is 1. The smallest absolute Gasteiger partial charge is 0.355 e. The summed E-state index contributed by atoms with van der Waals surface area (Å²) in [5, 5.41) is 9.13. The Morgan fingerprint density at radius 3 is 2.47 bits per heavy atom. The van der Waals surface area contributed by atoms with E-state index in [-0.39, 0.29) is 5.69 Å². The Hall–Kier alpha value is -2.36. The fourth-order valence-corrected chi connectivity index (χ4v) is 1.57. The largest absolute Gasteiger partial charge is 0.481 e. The molecule has 0 aliphatic rings. The Balaban J connectivity index is 2.58. The summed E-state index contributed by atoms with van der Waals surface area (Å²) in [6.07, 6.45) is 0. The van der Waals surface area contributed by atoms with Gasteiger partial charge >= 0.3 is 5.97 Å². The van der Waals surface area contributed by atoms with Gasteiger partial charge in [0, 0.05) is 11.6 Å². The maximum absolute atomic E-state index is 11.1. The number of benzene rings is 1. The van der Waals surface area contributed by atoms with Crippen LogP contribution in [0.3, 0.4) is 0 Å². The second-order valence-corrected chi connectivity index (χ2v) is 3.42. The summed E-state index contributed by atoms with van der Waals surface area (Å²) in [4.78, 5) is 15.1. The highest BCUT2D eigenvalue weighted by Gasteiger charge is 2.14. The molecule has 0 aliphatic carbocycles. The summed E-state index contributed by atoms with van der Waals surface area (Å²) < 4.78 is 4.92. The normalized spacial score (nSPS) is 9.94. The van der Waals surface area contributed by atoms with Gasteiger partial charge in [0.1, 0.15) is 0 Å². The van der Waals surface area contributed by atoms with Crippen LogP contribution in [0.2, 0.25) is 0 Å². The molecule has 0 unspecified atom stereocenters. The van der Waals surface area contributed by atoms with Crippen LogP contribution < -0.4 is 4.74 Å². The van der Waals surface area contributed by atoms with Crippen LogP contribution in [0.4, 0.5) is 0 Å². The molecule has 1 heterocycles. The van der Waals surface area contributed by atoms with E-state index < -0.39 is 5.97 Å². The molecule has 0 amide bonds. The monoisotopic (exact) mass is 229 g/mol. The lowest BCUT2D eigenvalue weighted by Crippen LogP contribution is -2.04. The van der Waals surface area contributed by atoms with Gasteiger partial charge < -0.3 is 9.84 Å². The van der Waals surface area contributed by atoms with E-state index in [1.165, 1.54) is 7.11 Å². The molecule has 2 rings (SSSR count). The van der Waals surface area contributed by atoms with Gasteiger partial charge in [0.05, 0.1) is 7.11 Å². The summed E-state index contributed by atoms with van der Waals surface area (Å²) >= 11 is 0. The predicted octanol–water partition coefficient (Wildman–Crippen LogP) is 2.46. The van der Waals surface area contributed by atoms with Crippen molar-refractivity contribution in [2.75, 3.05) is 7.11 Å². The molecule has 4 heteroatoms. The number of aromatic nitrogens is 1. The minimum absolute atomic E-state index is 0.00412. The summed E-state index contributed by atoms with van der Waals surface area (Å²) in [5.41, 5.74) is 1.40. The molecule has 1 aromatic heterocycles. The van der Waals surface area contributed by atoms with Crippen molar-refractivity contribution in [3.8, 4) is 17.0 Å². The zero-order valence-corrected chi connectivity index (χ0v) is 9.25. The van der Waals surface area contributed by atoms with Crippen molar-refractivity contribution < 1.29 is 14.6 Å². The van der Waals surface area contributed by atoms with Crippen LogP contribution in [0.15, 0.2) is 42.5 Å². The average Bonchev–Trinajstić information content (AvgIpc) is 2.39. The maximum atomic E-state index is 11.1. The summed E-state index contributed by atoms with van der Waals surface area (Å²) in [5.74, 6) is -0.773. The SMILES string of the molecule is COc1ccc(-c2ccccc2)c(C(=O)O)n1. The first-order valence-corrected chi connectivity index (χ1v) is 5.06. The number of methoxy groups -OCH3 is 1. The quantitative estimate of drug-likeness (QED) is 0.878. The van der Waals surface area contributed by atoms with E-state index in [1.807, 2.05) is 30.3 Å². The number of aromatic carboxylic acids is 1. The standard InChI is InChI=1S/C13H11NO3/c1-17-11-8-7-10(12(14-11)13(15)16)9-5-3-2-4-6-9/h2-8H,1H3,(H,15,16). The minimum Gasteiger partial charge on any atom is -0.481 e. The molecule has 1 aromatic carbocycles. The summed E-state index contributed by atoms with van der Waals surface area (Å²) in [7, 11) is 1.45. The van der Waals surface area contributed by atoms with Crippen LogP contribution in [-0.2, 0) is 0 Å². The number of nitrogens with zero attached hydrogens (tertiary/aromatic N) is 1. The van der Waals surface area contributed by atoms with Crippen molar-refractivity contribution >= 4 is 5.97 Å². The highest BCUT2D eigenvalue weighted by Crippen LogP contribution is 2.24. The lowest BCUT2D eigenvalue weighted by molar-refractivity contribution is 0.0690. The van der Waals surface area contributed by atoms with E-state index in [4.69, 9.17) is 9.84 Å². The number of rotatable bonds is 3. The van der Waals surface area contributed by atoms with Crippen LogP contribution in [0, 0.1) is 0 Å². The van der Waals surface area contributed by atoms with Crippen molar-refractivity contribution in [3.63, 3.8) is 0 Å². The Morgan fingerprint density at radius 2 is 1.88 bits per heavy atom. The third-order valence-corrected chi connectivity index (χ3v) is 2.37. The Kier molecular flexibility index (Phi) is 3.05. The van der Waals surface area contributed by atoms with E-state index in [1.54, 1.807) is 12.1 Å². The van der Waals surface area contributed by atoms with E-state index in [0.717, 1.165) is 5.56 Å². The molecule has 0 saturated carbocycles. The first-order valence-electron chi connectivity index (χ1n) is 5.06. The molecule has 1 N–H and O–H groups in total. The number of ether oxygens (including phenoxy) is 1. The molecular weight excluding hydrogens is 218 g/mol. The van der Waals surface area contributed by atoms with Crippen LogP contribution in [0.1, 0.15) is 10.5 Å². The molecule has 0 saturated heterocycles. The van der Waals surface area contributed by atoms with Crippen molar-refractivity contribution in [1.29, 1.82) is 0 Å². The number of hydrogen-bond acceptors (Lipinski definition) is 3. The molecule has 0 spiro atoms. The Labute approximate surface area is 98.5 Å². The molecule has 0 bridgehead atoms. The molecule has 0 aliphatic heterocycles. The Bertz CT molecular complexity index is 538. The minimum atomic E-state index is -1.07. The molecule has 17 heavy (non-hydrogen) atoms. The van der Waals surface area contributed by atoms with Gasteiger partial charge in [-0.1, -0.05) is 30.3 Å². The van der Waals surface area contributed by atoms with Gasteiger partial charge in [0.25, 0.3) is 0 Å². The second kappa shape index (κ2) is 4.65. The lowest BCUT2D eigenvalue weighted by atomic mass is 10.0. The fourth-order valence-electron chi connectivity index (χ4n) is 1.57. The molecular formula is C13H11NO3. The van der Waals surface area contributed by atoms with E-state index in [9.17, 15) is 4.79 Å². The maximum Gasteiger partial charge on any atom is 0.355 e. The highest BCUT2D eigenvalue weighted by molar-refractivity contribution is 5.94. The van der Waals surface area contributed by atoms with Crippen LogP contribution in [0.25, 0.3) is 11.1 Å². The van der Waals surface area contributed by atoms with Crippen LogP contribution in [0.5, 0.6) is 5.88 Å². The highest BCUT2D eigenvalue weighted by atomic mass is 16.5. The zero-order chi connectivity index (χ0) is 12.3. The lowest BCUT2D eigenvalue weighted by Gasteiger charge is -2.07. The molecule has 4 nitrogen and oxygen atoms in total. The van der Waals surface area contributed by atoms with E-state index >= 15 is 0 Å². The topological polar surface area (TPSA) is 59.4 Å². The first-order chi connectivity index (χ1) is 8.22. The van der Waals surface area contributed by atoms with Gasteiger partial charge in [-0.15, -0.1) is 0 Å². The summed E-state index contributed by atoms with van der Waals surface area (Å²) in [6, 6.07) is 12.6. The van der Waals surface area contributed by atoms with Gasteiger partial charge in [0.2, 0.25) is 5.88 Å². The van der Waals surface area contributed by atoms with Crippen molar-refractivity contribution in [1.82, 2.24) is 4.98 Å². The van der Waals surface area contributed by atoms with Crippen LogP contribution >= 0.6 is 0 Å². The summed E-state index contributed by atoms with van der Waals surface area (Å²) in [6.45, 7) is 0. The second-order valence-electron chi connectivity index (χ2n) is 3.42. The van der Waals surface area contributed by atoms with Gasteiger partial charge in [-0.05, 0) is 11.6 Å². The third kappa shape index (κ3) is 2.25. The fraction of sp³-hybridized carbons (Fsp3) is 0.0769. The van der Waals surface area contributed by atoms with Gasteiger partial charge in [0.15, 0.2) is 5.69 Å². The average molecular weight is 229 g/mol. The molecule has 86 valence electrons. The molecule has 0 atom stereocenters. The van der Waals surface area contributed by atoms with E-state index in [2.05, 4.69) is 4.98 Å². The third-order valence-electron chi connectivity index (χ3n) is 2.37.